The highest BCUT2D eigenvalue weighted by molar-refractivity contribution is 6.30. The van der Waals surface area contributed by atoms with Gasteiger partial charge in [-0.15, -0.1) is 0 Å². The van der Waals surface area contributed by atoms with E-state index in [0.29, 0.717) is 12.4 Å². The summed E-state index contributed by atoms with van der Waals surface area (Å²) >= 11 is 5.90. The molecule has 0 spiro atoms. The molecule has 0 aliphatic rings. The lowest BCUT2D eigenvalue weighted by atomic mass is 10.2. The molecule has 1 N–H and O–H groups in total. The van der Waals surface area contributed by atoms with E-state index in [1.807, 2.05) is 29.7 Å². The minimum atomic E-state index is -0.477. The molecular formula is C21H20ClFN2O3. The van der Waals surface area contributed by atoms with Crippen LogP contribution in [-0.2, 0) is 6.54 Å². The van der Waals surface area contributed by atoms with Gasteiger partial charge in [0.2, 0.25) is 5.43 Å². The highest BCUT2D eigenvalue weighted by Crippen LogP contribution is 2.26. The lowest BCUT2D eigenvalue weighted by molar-refractivity contribution is 0.406. The monoisotopic (exact) mass is 402 g/mol. The average molecular weight is 403 g/mol. The highest BCUT2D eigenvalue weighted by Gasteiger charge is 2.11. The van der Waals surface area contributed by atoms with Crippen molar-refractivity contribution in [2.24, 2.45) is 0 Å². The van der Waals surface area contributed by atoms with E-state index >= 15 is 0 Å². The third-order valence-electron chi connectivity index (χ3n) is 4.35. The molecule has 28 heavy (non-hydrogen) atoms. The predicted molar refractivity (Wildman–Crippen MR) is 109 cm³/mol. The van der Waals surface area contributed by atoms with Crippen molar-refractivity contribution in [2.45, 2.75) is 13.5 Å². The first-order valence-electron chi connectivity index (χ1n) is 8.55. The number of halogens is 2. The summed E-state index contributed by atoms with van der Waals surface area (Å²) in [5.41, 5.74) is 2.33. The lowest BCUT2D eigenvalue weighted by Crippen LogP contribution is -2.14. The maximum absolute atomic E-state index is 13.5. The van der Waals surface area contributed by atoms with E-state index in [4.69, 9.17) is 21.1 Å². The van der Waals surface area contributed by atoms with Crippen LogP contribution in [0.3, 0.4) is 0 Å². The van der Waals surface area contributed by atoms with Crippen molar-refractivity contribution in [2.75, 3.05) is 19.5 Å². The Morgan fingerprint density at radius 3 is 2.54 bits per heavy atom. The zero-order valence-electron chi connectivity index (χ0n) is 15.8. The molecule has 1 aromatic heterocycles. The van der Waals surface area contributed by atoms with Crippen molar-refractivity contribution in [3.05, 3.63) is 80.9 Å². The topological polar surface area (TPSA) is 52.5 Å². The van der Waals surface area contributed by atoms with Crippen LogP contribution in [0.25, 0.3) is 0 Å². The number of nitrogens with one attached hydrogen (secondary N) is 1. The molecule has 7 heteroatoms. The maximum Gasteiger partial charge on any atom is 0.225 e. The van der Waals surface area contributed by atoms with Gasteiger partial charge in [-0.1, -0.05) is 17.7 Å². The molecule has 0 fully saturated rings. The normalized spacial score (nSPS) is 10.6. The van der Waals surface area contributed by atoms with Gasteiger partial charge < -0.3 is 19.4 Å². The molecule has 146 valence electrons. The number of methoxy groups -OCH3 is 2. The van der Waals surface area contributed by atoms with E-state index in [0.717, 1.165) is 22.6 Å². The van der Waals surface area contributed by atoms with Gasteiger partial charge in [0, 0.05) is 18.3 Å². The second kappa shape index (κ2) is 8.35. The summed E-state index contributed by atoms with van der Waals surface area (Å²) in [6, 6.07) is 11.6. The van der Waals surface area contributed by atoms with Crippen molar-refractivity contribution < 1.29 is 13.9 Å². The first kappa shape index (κ1) is 19.8. The molecule has 0 radical (unpaired) electrons. The largest absolute Gasteiger partial charge is 0.497 e. The highest BCUT2D eigenvalue weighted by atomic mass is 35.5. The molecule has 1 heterocycles. The van der Waals surface area contributed by atoms with Gasteiger partial charge in [-0.3, -0.25) is 4.79 Å². The minimum Gasteiger partial charge on any atom is -0.497 e. The van der Waals surface area contributed by atoms with Gasteiger partial charge in [0.05, 0.1) is 25.4 Å². The number of ether oxygens (including phenoxy) is 2. The molecular weight excluding hydrogens is 383 g/mol. The molecule has 2 aromatic carbocycles. The fourth-order valence-corrected chi connectivity index (χ4v) is 3.02. The van der Waals surface area contributed by atoms with Crippen LogP contribution < -0.4 is 20.2 Å². The molecule has 3 rings (SSSR count). The van der Waals surface area contributed by atoms with Crippen LogP contribution in [0.1, 0.15) is 11.1 Å². The van der Waals surface area contributed by atoms with Crippen LogP contribution >= 0.6 is 11.6 Å². The predicted octanol–water partition coefficient (Wildman–Crippen LogP) is 4.76. The van der Waals surface area contributed by atoms with Crippen LogP contribution in [-0.4, -0.2) is 18.8 Å². The molecule has 0 aliphatic carbocycles. The molecule has 0 saturated heterocycles. The van der Waals surface area contributed by atoms with E-state index in [-0.39, 0.29) is 16.2 Å². The molecule has 0 aliphatic heterocycles. The summed E-state index contributed by atoms with van der Waals surface area (Å²) in [4.78, 5) is 12.3. The second-order valence-electron chi connectivity index (χ2n) is 6.27. The van der Waals surface area contributed by atoms with Gasteiger partial charge in [0.25, 0.3) is 0 Å². The number of aryl methyl sites for hydroxylation is 1. The summed E-state index contributed by atoms with van der Waals surface area (Å²) in [5, 5.41) is 3.32. The van der Waals surface area contributed by atoms with Gasteiger partial charge in [0.15, 0.2) is 5.75 Å². The van der Waals surface area contributed by atoms with E-state index in [1.54, 1.807) is 25.4 Å². The van der Waals surface area contributed by atoms with Crippen molar-refractivity contribution in [1.82, 2.24) is 4.57 Å². The first-order valence-corrected chi connectivity index (χ1v) is 8.93. The van der Waals surface area contributed by atoms with E-state index in [1.165, 1.54) is 19.2 Å². The number of benzene rings is 2. The second-order valence-corrected chi connectivity index (χ2v) is 6.68. The number of nitrogens with zero attached hydrogens (tertiary/aromatic N) is 1. The Bertz CT molecular complexity index is 1070. The summed E-state index contributed by atoms with van der Waals surface area (Å²) < 4.78 is 25.7. The van der Waals surface area contributed by atoms with Gasteiger partial charge in [-0.05, 0) is 48.4 Å². The van der Waals surface area contributed by atoms with Crippen LogP contribution in [0.2, 0.25) is 5.02 Å². The third kappa shape index (κ3) is 4.28. The van der Waals surface area contributed by atoms with E-state index in [2.05, 4.69) is 5.32 Å². The lowest BCUT2D eigenvalue weighted by Gasteiger charge is -2.18. The molecule has 0 amide bonds. The standard InChI is InChI=1S/C21H20ClFN2O3/c1-13-8-15(27-2)5-7-18(13)24-21-10-19(26)20(28-3)12-25(21)11-14-4-6-17(23)16(22)9-14/h4-10,12,24H,11H2,1-3H3. The Morgan fingerprint density at radius 2 is 1.89 bits per heavy atom. The molecule has 0 saturated carbocycles. The zero-order chi connectivity index (χ0) is 20.3. The Hall–Kier alpha value is -2.99. The van der Waals surface area contributed by atoms with Crippen molar-refractivity contribution in [1.29, 1.82) is 0 Å². The number of rotatable bonds is 6. The van der Waals surface area contributed by atoms with Crippen molar-refractivity contribution >= 4 is 23.1 Å². The van der Waals surface area contributed by atoms with Crippen molar-refractivity contribution in [3.8, 4) is 11.5 Å². The van der Waals surface area contributed by atoms with Crippen LogP contribution in [0.5, 0.6) is 11.5 Å². The van der Waals surface area contributed by atoms with Gasteiger partial charge >= 0.3 is 0 Å². The maximum atomic E-state index is 13.5. The summed E-state index contributed by atoms with van der Waals surface area (Å²) in [6.45, 7) is 2.31. The minimum absolute atomic E-state index is 0.0472. The summed E-state index contributed by atoms with van der Waals surface area (Å²) in [7, 11) is 3.05. The third-order valence-corrected chi connectivity index (χ3v) is 4.64. The summed E-state index contributed by atoms with van der Waals surface area (Å²) in [5.74, 6) is 1.05. The number of pyridine rings is 1. The fraction of sp³-hybridized carbons (Fsp3) is 0.190. The molecule has 0 unspecified atom stereocenters. The number of anilines is 2. The number of hydrogen-bond acceptors (Lipinski definition) is 4. The van der Waals surface area contributed by atoms with Gasteiger partial charge in [-0.2, -0.15) is 0 Å². The van der Waals surface area contributed by atoms with Crippen molar-refractivity contribution in [3.63, 3.8) is 0 Å². The Labute approximate surface area is 167 Å². The molecule has 0 atom stereocenters. The SMILES string of the molecule is COc1ccc(Nc2cc(=O)c(OC)cn2Cc2ccc(F)c(Cl)c2)c(C)c1. The van der Waals surface area contributed by atoms with Gasteiger partial charge in [-0.25, -0.2) is 4.39 Å². The molecule has 5 nitrogen and oxygen atoms in total. The van der Waals surface area contributed by atoms with Crippen LogP contribution in [0.4, 0.5) is 15.9 Å². The van der Waals surface area contributed by atoms with E-state index < -0.39 is 5.82 Å². The van der Waals surface area contributed by atoms with Crippen LogP contribution in [0, 0.1) is 12.7 Å². The Kier molecular flexibility index (Phi) is 5.90. The average Bonchev–Trinajstić information content (AvgIpc) is 2.68. The molecule has 3 aromatic rings. The zero-order valence-corrected chi connectivity index (χ0v) is 16.5. The Morgan fingerprint density at radius 1 is 1.11 bits per heavy atom. The van der Waals surface area contributed by atoms with E-state index in [9.17, 15) is 9.18 Å². The Balaban J connectivity index is 2.01. The number of hydrogen-bond donors (Lipinski definition) is 1. The van der Waals surface area contributed by atoms with Crippen LogP contribution in [0.15, 0.2) is 53.5 Å². The number of aromatic nitrogens is 1. The first-order chi connectivity index (χ1) is 13.4. The smallest absolute Gasteiger partial charge is 0.225 e. The molecule has 0 bridgehead atoms. The van der Waals surface area contributed by atoms with Gasteiger partial charge in [0.1, 0.15) is 17.4 Å². The fourth-order valence-electron chi connectivity index (χ4n) is 2.82. The quantitative estimate of drug-likeness (QED) is 0.646. The summed E-state index contributed by atoms with van der Waals surface area (Å²) in [6.07, 6.45) is 1.61.